The van der Waals surface area contributed by atoms with Gasteiger partial charge in [-0.05, 0) is 43.4 Å². The molecule has 3 amide bonds. The monoisotopic (exact) mass is 393 g/mol. The molecular weight excluding hydrogens is 366 g/mol. The summed E-state index contributed by atoms with van der Waals surface area (Å²) in [5.74, 6) is 0.152. The summed E-state index contributed by atoms with van der Waals surface area (Å²) < 4.78 is 5.34. The quantitative estimate of drug-likeness (QED) is 0.855. The topological polar surface area (TPSA) is 61.9 Å². The number of hydrogen-bond donors (Lipinski definition) is 1. The van der Waals surface area contributed by atoms with Crippen LogP contribution in [0.5, 0.6) is 0 Å². The second-order valence-electron chi connectivity index (χ2n) is 7.49. The van der Waals surface area contributed by atoms with Gasteiger partial charge in [0.2, 0.25) is 5.91 Å². The van der Waals surface area contributed by atoms with Crippen molar-refractivity contribution in [3.05, 3.63) is 34.3 Å². The van der Waals surface area contributed by atoms with Crippen molar-refractivity contribution in [1.82, 2.24) is 15.1 Å². The fourth-order valence-electron chi connectivity index (χ4n) is 3.74. The second kappa shape index (κ2) is 8.93. The predicted octanol–water partition coefficient (Wildman–Crippen LogP) is 2.82. The van der Waals surface area contributed by atoms with Gasteiger partial charge in [0.25, 0.3) is 0 Å². The molecule has 0 spiro atoms. The van der Waals surface area contributed by atoms with Gasteiger partial charge < -0.3 is 19.9 Å². The first-order valence-corrected chi connectivity index (χ1v) is 9.95. The van der Waals surface area contributed by atoms with E-state index < -0.39 is 0 Å². The van der Waals surface area contributed by atoms with E-state index in [0.29, 0.717) is 26.3 Å². The maximum atomic E-state index is 12.6. The van der Waals surface area contributed by atoms with Crippen molar-refractivity contribution < 1.29 is 14.3 Å². The third-order valence-corrected chi connectivity index (χ3v) is 5.95. The number of urea groups is 1. The molecule has 2 aliphatic rings. The van der Waals surface area contributed by atoms with Gasteiger partial charge in [-0.15, -0.1) is 0 Å². The molecule has 3 rings (SSSR count). The van der Waals surface area contributed by atoms with Crippen molar-refractivity contribution in [3.8, 4) is 0 Å². The number of likely N-dealkylation sites (N-methyl/N-ethyl adjacent to an activating group) is 1. The van der Waals surface area contributed by atoms with Crippen LogP contribution in [0.15, 0.2) is 18.2 Å². The summed E-state index contributed by atoms with van der Waals surface area (Å²) in [6.45, 7) is 4.96. The highest BCUT2D eigenvalue weighted by atomic mass is 35.5. The number of nitrogens with zero attached hydrogens (tertiary/aromatic N) is 2. The first-order chi connectivity index (χ1) is 13.0. The molecule has 0 unspecified atom stereocenters. The number of ether oxygens (including phenoxy) is 1. The maximum Gasteiger partial charge on any atom is 0.317 e. The Bertz CT molecular complexity index is 691. The molecule has 1 N–H and O–H groups in total. The number of carbonyl (C=O) groups is 2. The highest BCUT2D eigenvalue weighted by Crippen LogP contribution is 2.21. The number of likely N-dealkylation sites (tertiary alicyclic amines) is 1. The second-order valence-corrected chi connectivity index (χ2v) is 7.90. The summed E-state index contributed by atoms with van der Waals surface area (Å²) in [6.07, 6.45) is 2.63. The number of amides is 3. The molecule has 0 radical (unpaired) electrons. The number of benzene rings is 1. The molecule has 0 aromatic heterocycles. The molecule has 7 heteroatoms. The first kappa shape index (κ1) is 20.0. The summed E-state index contributed by atoms with van der Waals surface area (Å²) in [5.41, 5.74) is 2.01. The minimum Gasteiger partial charge on any atom is -0.381 e. The highest BCUT2D eigenvalue weighted by Gasteiger charge is 2.33. The summed E-state index contributed by atoms with van der Waals surface area (Å²) in [6, 6.07) is 5.66. The number of piperidine rings is 1. The Morgan fingerprint density at radius 1 is 1.37 bits per heavy atom. The van der Waals surface area contributed by atoms with E-state index in [9.17, 15) is 9.59 Å². The van der Waals surface area contributed by atoms with Crippen LogP contribution in [0.25, 0.3) is 0 Å². The van der Waals surface area contributed by atoms with Crippen LogP contribution in [0.2, 0.25) is 5.02 Å². The molecule has 0 saturated carbocycles. The minimum absolute atomic E-state index is 0.0176. The maximum absolute atomic E-state index is 12.6. The van der Waals surface area contributed by atoms with Gasteiger partial charge in [0, 0.05) is 38.3 Å². The molecule has 1 aromatic rings. The average Bonchev–Trinajstić information content (AvgIpc) is 3.22. The van der Waals surface area contributed by atoms with Gasteiger partial charge >= 0.3 is 6.03 Å². The van der Waals surface area contributed by atoms with Gasteiger partial charge in [0.15, 0.2) is 0 Å². The Hall–Kier alpha value is -1.79. The van der Waals surface area contributed by atoms with Gasteiger partial charge in [-0.2, -0.15) is 0 Å². The number of hydrogen-bond acceptors (Lipinski definition) is 3. The van der Waals surface area contributed by atoms with Crippen LogP contribution < -0.4 is 5.32 Å². The Balaban J connectivity index is 1.52. The van der Waals surface area contributed by atoms with Gasteiger partial charge in [-0.1, -0.05) is 23.7 Å². The van der Waals surface area contributed by atoms with Crippen molar-refractivity contribution in [1.29, 1.82) is 0 Å². The molecule has 6 nitrogen and oxygen atoms in total. The predicted molar refractivity (Wildman–Crippen MR) is 105 cm³/mol. The standard InChI is InChI=1S/C20H28ClN3O3/c1-14-10-15(5-6-18(14)21)11-22-20(26)23(2)17-4-3-8-24(12-17)19(25)16-7-9-27-13-16/h5-6,10,16-17H,3-4,7-9,11-13H2,1-2H3,(H,22,26)/t16-,17+/m0/s1. The van der Waals surface area contributed by atoms with Gasteiger partial charge in [0.1, 0.15) is 0 Å². The van der Waals surface area contributed by atoms with E-state index in [2.05, 4.69) is 5.32 Å². The van der Waals surface area contributed by atoms with E-state index in [-0.39, 0.29) is 23.9 Å². The largest absolute Gasteiger partial charge is 0.381 e. The van der Waals surface area contributed by atoms with E-state index >= 15 is 0 Å². The Morgan fingerprint density at radius 2 is 2.19 bits per heavy atom. The third-order valence-electron chi connectivity index (χ3n) is 5.52. The number of aryl methyl sites for hydroxylation is 1. The van der Waals surface area contributed by atoms with Crippen LogP contribution >= 0.6 is 11.6 Å². The summed E-state index contributed by atoms with van der Waals surface area (Å²) in [7, 11) is 1.81. The zero-order valence-corrected chi connectivity index (χ0v) is 16.8. The van der Waals surface area contributed by atoms with Crippen LogP contribution in [0.4, 0.5) is 4.79 Å². The lowest BCUT2D eigenvalue weighted by Gasteiger charge is -2.38. The molecule has 27 heavy (non-hydrogen) atoms. The SMILES string of the molecule is Cc1cc(CNC(=O)N(C)[C@@H]2CCCN(C(=O)[C@H]3CCOC3)C2)ccc1Cl. The van der Waals surface area contributed by atoms with Crippen LogP contribution in [-0.2, 0) is 16.1 Å². The van der Waals surface area contributed by atoms with E-state index in [1.807, 2.05) is 30.0 Å². The molecule has 2 aliphatic heterocycles. The van der Waals surface area contributed by atoms with E-state index in [4.69, 9.17) is 16.3 Å². The summed E-state index contributed by atoms with van der Waals surface area (Å²) in [4.78, 5) is 28.8. The van der Waals surface area contributed by atoms with Crippen LogP contribution in [0.1, 0.15) is 30.4 Å². The lowest BCUT2D eigenvalue weighted by Crippen LogP contribution is -2.53. The van der Waals surface area contributed by atoms with Crippen molar-refractivity contribution in [2.24, 2.45) is 5.92 Å². The van der Waals surface area contributed by atoms with Crippen LogP contribution in [0, 0.1) is 12.8 Å². The molecule has 2 atom stereocenters. The zero-order valence-electron chi connectivity index (χ0n) is 16.0. The molecule has 0 bridgehead atoms. The molecule has 2 heterocycles. The van der Waals surface area contributed by atoms with Crippen molar-refractivity contribution in [2.45, 2.75) is 38.8 Å². The summed E-state index contributed by atoms with van der Waals surface area (Å²) in [5, 5.41) is 3.69. The van der Waals surface area contributed by atoms with E-state index in [1.165, 1.54) is 0 Å². The van der Waals surface area contributed by atoms with Gasteiger partial charge in [-0.25, -0.2) is 4.79 Å². The smallest absolute Gasteiger partial charge is 0.317 e. The zero-order chi connectivity index (χ0) is 19.4. The number of rotatable bonds is 4. The van der Waals surface area contributed by atoms with Crippen molar-refractivity contribution in [3.63, 3.8) is 0 Å². The molecular formula is C20H28ClN3O3. The molecule has 2 fully saturated rings. The van der Waals surface area contributed by atoms with Gasteiger partial charge in [-0.3, -0.25) is 4.79 Å². The molecule has 2 saturated heterocycles. The Kier molecular flexibility index (Phi) is 6.60. The minimum atomic E-state index is -0.119. The number of halogens is 1. The number of carbonyl (C=O) groups excluding carboxylic acids is 2. The van der Waals surface area contributed by atoms with Crippen LogP contribution in [-0.4, -0.2) is 61.1 Å². The number of nitrogens with one attached hydrogen (secondary N) is 1. The van der Waals surface area contributed by atoms with E-state index in [0.717, 1.165) is 42.0 Å². The molecule has 148 valence electrons. The van der Waals surface area contributed by atoms with Gasteiger partial charge in [0.05, 0.1) is 18.6 Å². The fraction of sp³-hybridized carbons (Fsp3) is 0.600. The fourth-order valence-corrected chi connectivity index (χ4v) is 3.86. The Morgan fingerprint density at radius 3 is 2.89 bits per heavy atom. The lowest BCUT2D eigenvalue weighted by atomic mass is 10.0. The third kappa shape index (κ3) is 4.93. The van der Waals surface area contributed by atoms with Crippen molar-refractivity contribution in [2.75, 3.05) is 33.4 Å². The first-order valence-electron chi connectivity index (χ1n) is 9.58. The Labute approximate surface area is 165 Å². The van der Waals surface area contributed by atoms with Crippen LogP contribution in [0.3, 0.4) is 0 Å². The molecule has 0 aliphatic carbocycles. The normalized spacial score (nSPS) is 22.6. The lowest BCUT2D eigenvalue weighted by molar-refractivity contribution is -0.137. The average molecular weight is 394 g/mol. The van der Waals surface area contributed by atoms with E-state index in [1.54, 1.807) is 11.9 Å². The highest BCUT2D eigenvalue weighted by molar-refractivity contribution is 6.31. The summed E-state index contributed by atoms with van der Waals surface area (Å²) >= 11 is 6.05. The van der Waals surface area contributed by atoms with Crippen molar-refractivity contribution >= 4 is 23.5 Å². The molecule has 1 aromatic carbocycles.